The van der Waals surface area contributed by atoms with E-state index in [1.54, 1.807) is 23.7 Å². The van der Waals surface area contributed by atoms with Crippen molar-refractivity contribution in [1.29, 1.82) is 5.41 Å². The number of amides is 1. The first-order valence-electron chi connectivity index (χ1n) is 9.21. The first-order valence-corrected chi connectivity index (χ1v) is 10.1. The van der Waals surface area contributed by atoms with Gasteiger partial charge in [0.25, 0.3) is 11.5 Å². The number of H-pyrrole nitrogens is 1. The van der Waals surface area contributed by atoms with Gasteiger partial charge in [-0.1, -0.05) is 0 Å². The number of nitrogens with two attached hydrogens (primary N) is 1. The Morgan fingerprint density at radius 3 is 2.68 bits per heavy atom. The van der Waals surface area contributed by atoms with Gasteiger partial charge in [0.05, 0.1) is 35.1 Å². The highest BCUT2D eigenvalue weighted by Crippen LogP contribution is 2.36. The van der Waals surface area contributed by atoms with Crippen LogP contribution < -0.4 is 16.6 Å². The number of anilines is 1. The van der Waals surface area contributed by atoms with Crippen molar-refractivity contribution in [3.05, 3.63) is 50.1 Å². The lowest BCUT2D eigenvalue weighted by atomic mass is 9.89. The molecule has 1 aliphatic heterocycles. The number of primary amides is 1. The summed E-state index contributed by atoms with van der Waals surface area (Å²) in [6, 6.07) is 3.47. The Bertz CT molecular complexity index is 951. The summed E-state index contributed by atoms with van der Waals surface area (Å²) in [7, 11) is 0. The molecule has 2 aliphatic rings. The molecule has 5 N–H and O–H groups in total. The molecule has 2 fully saturated rings. The monoisotopic (exact) mass is 402 g/mol. The van der Waals surface area contributed by atoms with Gasteiger partial charge in [0.2, 0.25) is 0 Å². The van der Waals surface area contributed by atoms with Gasteiger partial charge in [-0.15, -0.1) is 11.3 Å². The third-order valence-corrected chi connectivity index (χ3v) is 6.21. The molecule has 148 valence electrons. The van der Waals surface area contributed by atoms with Crippen LogP contribution >= 0.6 is 11.3 Å². The van der Waals surface area contributed by atoms with E-state index in [9.17, 15) is 9.59 Å². The third kappa shape index (κ3) is 3.60. The molecule has 0 aromatic carbocycles. The number of pyridine rings is 1. The summed E-state index contributed by atoms with van der Waals surface area (Å²) in [6.07, 6.45) is 4.87. The number of nitrogens with one attached hydrogen (secondary N) is 3. The maximum atomic E-state index is 12.5. The molecule has 1 spiro atoms. The Balaban J connectivity index is 1.54. The number of thiophene rings is 1. The molecule has 1 amide bonds. The Morgan fingerprint density at radius 1 is 1.32 bits per heavy atom. The molecule has 9 heteroatoms. The van der Waals surface area contributed by atoms with Crippen LogP contribution in [0, 0.1) is 5.41 Å². The molecule has 2 aromatic heterocycles. The molecular formula is C19H22N4O4S. The number of hydrogen-bond donors (Lipinski definition) is 4. The van der Waals surface area contributed by atoms with Crippen molar-refractivity contribution in [2.75, 3.05) is 18.5 Å². The van der Waals surface area contributed by atoms with Gasteiger partial charge in [0.1, 0.15) is 0 Å². The van der Waals surface area contributed by atoms with Crippen LogP contribution in [0.5, 0.6) is 0 Å². The molecule has 0 bridgehead atoms. The SMILES string of the molecule is N=C(c1csc(C(N)=O)c1)c1c(NC2CCC3(CC2)OCCO3)cc[nH]c1=O. The van der Waals surface area contributed by atoms with E-state index in [0.29, 0.717) is 29.3 Å². The summed E-state index contributed by atoms with van der Waals surface area (Å²) in [5.41, 5.74) is 6.36. The Hall–Kier alpha value is -2.49. The van der Waals surface area contributed by atoms with E-state index in [0.717, 1.165) is 37.0 Å². The van der Waals surface area contributed by atoms with E-state index in [2.05, 4.69) is 10.3 Å². The van der Waals surface area contributed by atoms with Crippen LogP contribution in [0.1, 0.15) is 46.5 Å². The van der Waals surface area contributed by atoms with Crippen molar-refractivity contribution in [2.24, 2.45) is 5.73 Å². The van der Waals surface area contributed by atoms with Crippen LogP contribution in [0.15, 0.2) is 28.5 Å². The van der Waals surface area contributed by atoms with Crippen LogP contribution in [0.3, 0.4) is 0 Å². The fourth-order valence-corrected chi connectivity index (χ4v) is 4.55. The molecule has 1 saturated carbocycles. The molecule has 1 saturated heterocycles. The highest BCUT2D eigenvalue weighted by molar-refractivity contribution is 7.12. The van der Waals surface area contributed by atoms with E-state index in [-0.39, 0.29) is 22.9 Å². The summed E-state index contributed by atoms with van der Waals surface area (Å²) < 4.78 is 11.5. The van der Waals surface area contributed by atoms with Gasteiger partial charge in [-0.2, -0.15) is 0 Å². The van der Waals surface area contributed by atoms with Gasteiger partial charge in [-0.05, 0) is 25.0 Å². The van der Waals surface area contributed by atoms with Crippen LogP contribution in [-0.4, -0.2) is 41.6 Å². The van der Waals surface area contributed by atoms with Gasteiger partial charge in [0, 0.05) is 36.0 Å². The number of hydrogen-bond acceptors (Lipinski definition) is 7. The van der Waals surface area contributed by atoms with Gasteiger partial charge in [0.15, 0.2) is 5.79 Å². The number of aromatic nitrogens is 1. The van der Waals surface area contributed by atoms with E-state index in [1.807, 2.05) is 0 Å². The lowest BCUT2D eigenvalue weighted by Gasteiger charge is -2.36. The quantitative estimate of drug-likeness (QED) is 0.569. The minimum atomic E-state index is -0.545. The minimum absolute atomic E-state index is 0.0582. The highest BCUT2D eigenvalue weighted by atomic mass is 32.1. The minimum Gasteiger partial charge on any atom is -0.382 e. The van der Waals surface area contributed by atoms with Gasteiger partial charge >= 0.3 is 0 Å². The summed E-state index contributed by atoms with van der Waals surface area (Å²) in [5, 5.41) is 13.6. The molecule has 0 atom stereocenters. The van der Waals surface area contributed by atoms with Gasteiger partial charge in [-0.25, -0.2) is 0 Å². The first kappa shape index (κ1) is 18.9. The highest BCUT2D eigenvalue weighted by Gasteiger charge is 2.40. The molecule has 0 radical (unpaired) electrons. The van der Waals surface area contributed by atoms with E-state index < -0.39 is 11.7 Å². The standard InChI is InChI=1S/C19H22N4O4S/c20-16(11-9-14(17(21)24)28-10-11)15-13(3-6-22-18(15)25)23-12-1-4-19(5-2-12)26-7-8-27-19/h3,6,9-10,12,20H,1-2,4-5,7-8H2,(H2,21,24)(H2,22,23,25). The summed E-state index contributed by atoms with van der Waals surface area (Å²) in [5.74, 6) is -0.985. The second-order valence-corrected chi connectivity index (χ2v) is 7.97. The van der Waals surface area contributed by atoms with E-state index >= 15 is 0 Å². The Labute approximate surface area is 165 Å². The molecule has 0 unspecified atom stereocenters. The first-order chi connectivity index (χ1) is 13.5. The normalized spacial score (nSPS) is 19.0. The van der Waals surface area contributed by atoms with Gasteiger partial charge < -0.3 is 25.5 Å². The lowest BCUT2D eigenvalue weighted by molar-refractivity contribution is -0.177. The Kier molecular flexibility index (Phi) is 5.05. The second kappa shape index (κ2) is 7.50. The smallest absolute Gasteiger partial charge is 0.259 e. The van der Waals surface area contributed by atoms with Crippen molar-refractivity contribution in [3.63, 3.8) is 0 Å². The fraction of sp³-hybridized carbons (Fsp3) is 0.421. The van der Waals surface area contributed by atoms with Crippen molar-refractivity contribution >= 4 is 28.6 Å². The number of carbonyl (C=O) groups is 1. The number of ether oxygens (including phenoxy) is 2. The van der Waals surface area contributed by atoms with Gasteiger partial charge in [-0.3, -0.25) is 15.0 Å². The van der Waals surface area contributed by atoms with Crippen LogP contribution in [0.2, 0.25) is 0 Å². The maximum Gasteiger partial charge on any atom is 0.259 e. The maximum absolute atomic E-state index is 12.5. The van der Waals surface area contributed by atoms with Crippen molar-refractivity contribution in [3.8, 4) is 0 Å². The largest absolute Gasteiger partial charge is 0.382 e. The van der Waals surface area contributed by atoms with Crippen LogP contribution in [0.25, 0.3) is 0 Å². The summed E-state index contributed by atoms with van der Waals surface area (Å²) >= 11 is 1.16. The zero-order chi connectivity index (χ0) is 19.7. The van der Waals surface area contributed by atoms with Crippen molar-refractivity contribution in [2.45, 2.75) is 37.5 Å². The summed E-state index contributed by atoms with van der Waals surface area (Å²) in [6.45, 7) is 1.28. The van der Waals surface area contributed by atoms with E-state index in [1.165, 1.54) is 0 Å². The third-order valence-electron chi connectivity index (χ3n) is 5.26. The van der Waals surface area contributed by atoms with Crippen LogP contribution in [0.4, 0.5) is 5.69 Å². The molecule has 28 heavy (non-hydrogen) atoms. The number of aromatic amines is 1. The number of rotatable bonds is 5. The zero-order valence-corrected chi connectivity index (χ0v) is 16.1. The van der Waals surface area contributed by atoms with Crippen molar-refractivity contribution in [1.82, 2.24) is 4.98 Å². The molecule has 4 rings (SSSR count). The molecular weight excluding hydrogens is 380 g/mol. The summed E-state index contributed by atoms with van der Waals surface area (Å²) in [4.78, 5) is 26.8. The molecule has 1 aliphatic carbocycles. The zero-order valence-electron chi connectivity index (χ0n) is 15.2. The van der Waals surface area contributed by atoms with Crippen molar-refractivity contribution < 1.29 is 14.3 Å². The second-order valence-electron chi connectivity index (χ2n) is 7.06. The average Bonchev–Trinajstić information content (AvgIpc) is 3.34. The average molecular weight is 402 g/mol. The van der Waals surface area contributed by atoms with E-state index in [4.69, 9.17) is 20.6 Å². The number of carbonyl (C=O) groups excluding carboxylic acids is 1. The fourth-order valence-electron chi connectivity index (χ4n) is 3.80. The Morgan fingerprint density at radius 2 is 2.04 bits per heavy atom. The molecule has 8 nitrogen and oxygen atoms in total. The predicted molar refractivity (Wildman–Crippen MR) is 106 cm³/mol. The molecule has 3 heterocycles. The predicted octanol–water partition coefficient (Wildman–Crippen LogP) is 2.05. The topological polar surface area (TPSA) is 130 Å². The molecule has 2 aromatic rings. The lowest BCUT2D eigenvalue weighted by Crippen LogP contribution is -2.39. The van der Waals surface area contributed by atoms with Crippen LogP contribution in [-0.2, 0) is 9.47 Å².